The summed E-state index contributed by atoms with van der Waals surface area (Å²) in [5.74, 6) is 1.62. The molecule has 0 bridgehead atoms. The predicted molar refractivity (Wildman–Crippen MR) is 79.1 cm³/mol. The topological polar surface area (TPSA) is 59.2 Å². The van der Waals surface area contributed by atoms with Crippen molar-refractivity contribution < 1.29 is 9.47 Å². The van der Waals surface area contributed by atoms with Gasteiger partial charge in [-0.2, -0.15) is 0 Å². The van der Waals surface area contributed by atoms with E-state index in [-0.39, 0.29) is 0 Å². The molecule has 1 aromatic heterocycles. The molecule has 1 aliphatic rings. The van der Waals surface area contributed by atoms with Gasteiger partial charge >= 0.3 is 0 Å². The minimum Gasteiger partial charge on any atom is -0.486 e. The van der Waals surface area contributed by atoms with Crippen LogP contribution in [0.3, 0.4) is 0 Å². The van der Waals surface area contributed by atoms with Crippen LogP contribution in [0.1, 0.15) is 11.3 Å². The molecule has 1 aliphatic heterocycles. The fourth-order valence-corrected chi connectivity index (χ4v) is 2.75. The van der Waals surface area contributed by atoms with Gasteiger partial charge in [-0.3, -0.25) is 0 Å². The Kier molecular flexibility index (Phi) is 4.22. The fraction of sp³-hybridized carbons (Fsp3) is 0.357. The summed E-state index contributed by atoms with van der Waals surface area (Å²) in [6, 6.07) is 4.10. The number of hydrogen-bond acceptors (Lipinski definition) is 4. The van der Waals surface area contributed by atoms with E-state index in [2.05, 4.69) is 37.3 Å². The van der Waals surface area contributed by atoms with Gasteiger partial charge in [0.05, 0.1) is 10.8 Å². The van der Waals surface area contributed by atoms with Crippen LogP contribution in [0.4, 0.5) is 0 Å². The number of H-pyrrole nitrogens is 1. The maximum Gasteiger partial charge on any atom is 0.175 e. The minimum absolute atomic E-state index is 0.605. The predicted octanol–water partition coefficient (Wildman–Crippen LogP) is 2.28. The molecule has 0 fully saturated rings. The van der Waals surface area contributed by atoms with Gasteiger partial charge in [0.2, 0.25) is 0 Å². The molecule has 0 aliphatic carbocycles. The third-order valence-corrected chi connectivity index (χ3v) is 3.70. The fourth-order valence-electron chi connectivity index (χ4n) is 2.14. The van der Waals surface area contributed by atoms with Crippen molar-refractivity contribution in [2.45, 2.75) is 13.0 Å². The van der Waals surface area contributed by atoms with Gasteiger partial charge in [-0.05, 0) is 33.6 Å². The highest BCUT2D eigenvalue weighted by Gasteiger charge is 2.16. The highest BCUT2D eigenvalue weighted by Crippen LogP contribution is 2.38. The first-order valence-corrected chi connectivity index (χ1v) is 7.38. The number of halogens is 1. The van der Waals surface area contributed by atoms with Crippen molar-refractivity contribution in [2.75, 3.05) is 19.8 Å². The molecule has 5 nitrogen and oxygen atoms in total. The molecule has 0 amide bonds. The molecule has 106 valence electrons. The first kappa shape index (κ1) is 13.5. The number of rotatable bonds is 5. The maximum absolute atomic E-state index is 5.61. The maximum atomic E-state index is 5.61. The van der Waals surface area contributed by atoms with E-state index in [9.17, 15) is 0 Å². The van der Waals surface area contributed by atoms with Crippen LogP contribution in [0, 0.1) is 0 Å². The van der Waals surface area contributed by atoms with E-state index in [4.69, 9.17) is 9.47 Å². The smallest absolute Gasteiger partial charge is 0.175 e. The van der Waals surface area contributed by atoms with E-state index >= 15 is 0 Å². The van der Waals surface area contributed by atoms with Crippen molar-refractivity contribution in [1.29, 1.82) is 0 Å². The number of nitrogens with one attached hydrogen (secondary N) is 2. The molecule has 2 heterocycles. The average Bonchev–Trinajstić information content (AvgIpc) is 2.97. The molecule has 0 radical (unpaired) electrons. The number of ether oxygens (including phenoxy) is 2. The molecular formula is C14H16BrN3O2. The van der Waals surface area contributed by atoms with E-state index in [1.165, 1.54) is 5.56 Å². The monoisotopic (exact) mass is 337 g/mol. The van der Waals surface area contributed by atoms with Gasteiger partial charge in [0, 0.05) is 31.4 Å². The van der Waals surface area contributed by atoms with Gasteiger partial charge in [-0.25, -0.2) is 4.98 Å². The second-order valence-electron chi connectivity index (χ2n) is 4.61. The molecule has 0 unspecified atom stereocenters. The Morgan fingerprint density at radius 3 is 3.05 bits per heavy atom. The minimum atomic E-state index is 0.605. The van der Waals surface area contributed by atoms with E-state index in [0.717, 1.165) is 41.2 Å². The normalized spacial score (nSPS) is 13.4. The Hall–Kier alpha value is -1.53. The van der Waals surface area contributed by atoms with Crippen LogP contribution < -0.4 is 14.8 Å². The van der Waals surface area contributed by atoms with Crippen LogP contribution >= 0.6 is 15.9 Å². The van der Waals surface area contributed by atoms with Gasteiger partial charge in [0.25, 0.3) is 0 Å². The largest absolute Gasteiger partial charge is 0.486 e. The Morgan fingerprint density at radius 2 is 2.20 bits per heavy atom. The SMILES string of the molecule is Brc1cc(CNCCc2cnc[nH]2)cc2c1OCCO2. The summed E-state index contributed by atoms with van der Waals surface area (Å²) < 4.78 is 12.1. The van der Waals surface area contributed by atoms with Crippen LogP contribution in [0.25, 0.3) is 0 Å². The van der Waals surface area contributed by atoms with Crippen LogP contribution in [-0.2, 0) is 13.0 Å². The zero-order chi connectivity index (χ0) is 13.8. The molecule has 1 aromatic carbocycles. The van der Waals surface area contributed by atoms with E-state index in [1.807, 2.05) is 12.3 Å². The Bertz CT molecular complexity index is 572. The number of aromatic amines is 1. The van der Waals surface area contributed by atoms with Gasteiger partial charge < -0.3 is 19.8 Å². The van der Waals surface area contributed by atoms with Crippen molar-refractivity contribution in [3.8, 4) is 11.5 Å². The quantitative estimate of drug-likeness (QED) is 0.822. The van der Waals surface area contributed by atoms with Gasteiger partial charge in [-0.1, -0.05) is 0 Å². The van der Waals surface area contributed by atoms with Crippen LogP contribution in [0.2, 0.25) is 0 Å². The molecule has 0 saturated carbocycles. The van der Waals surface area contributed by atoms with E-state index in [1.54, 1.807) is 6.33 Å². The molecule has 2 N–H and O–H groups in total. The summed E-state index contributed by atoms with van der Waals surface area (Å²) >= 11 is 3.53. The molecule has 3 rings (SSSR count). The molecule has 0 atom stereocenters. The number of aromatic nitrogens is 2. The van der Waals surface area contributed by atoms with Gasteiger partial charge in [0.1, 0.15) is 13.2 Å². The lowest BCUT2D eigenvalue weighted by Gasteiger charge is -2.20. The number of hydrogen-bond donors (Lipinski definition) is 2. The molecule has 6 heteroatoms. The lowest BCUT2D eigenvalue weighted by atomic mass is 10.2. The molecule has 2 aromatic rings. The second-order valence-corrected chi connectivity index (χ2v) is 5.46. The van der Waals surface area contributed by atoms with Crippen molar-refractivity contribution in [3.05, 3.63) is 40.4 Å². The third kappa shape index (κ3) is 3.13. The van der Waals surface area contributed by atoms with Crippen LogP contribution in [0.5, 0.6) is 11.5 Å². The molecule has 0 spiro atoms. The van der Waals surface area contributed by atoms with Crippen LogP contribution in [-0.4, -0.2) is 29.7 Å². The highest BCUT2D eigenvalue weighted by molar-refractivity contribution is 9.10. The average molecular weight is 338 g/mol. The summed E-state index contributed by atoms with van der Waals surface area (Å²) in [7, 11) is 0. The molecule has 0 saturated heterocycles. The van der Waals surface area contributed by atoms with Gasteiger partial charge in [0.15, 0.2) is 11.5 Å². The Balaban J connectivity index is 1.56. The van der Waals surface area contributed by atoms with E-state index < -0.39 is 0 Å². The van der Waals surface area contributed by atoms with Crippen molar-refractivity contribution in [3.63, 3.8) is 0 Å². The lowest BCUT2D eigenvalue weighted by molar-refractivity contribution is 0.170. The first-order valence-electron chi connectivity index (χ1n) is 6.59. The summed E-state index contributed by atoms with van der Waals surface area (Å²) in [5.41, 5.74) is 2.31. The summed E-state index contributed by atoms with van der Waals surface area (Å²) in [6.45, 7) is 2.90. The van der Waals surface area contributed by atoms with Gasteiger partial charge in [-0.15, -0.1) is 0 Å². The third-order valence-electron chi connectivity index (χ3n) is 3.11. The second kappa shape index (κ2) is 6.28. The van der Waals surface area contributed by atoms with Crippen molar-refractivity contribution >= 4 is 15.9 Å². The number of fused-ring (bicyclic) bond motifs is 1. The number of nitrogens with zero attached hydrogens (tertiary/aromatic N) is 1. The summed E-state index contributed by atoms with van der Waals surface area (Å²) in [6.07, 6.45) is 4.49. The standard InChI is InChI=1S/C14H16BrN3O2/c15-12-5-10(6-13-14(12)20-4-3-19-13)7-16-2-1-11-8-17-9-18-11/h5-6,8-9,16H,1-4,7H2,(H,17,18). The number of benzene rings is 1. The van der Waals surface area contributed by atoms with Crippen LogP contribution in [0.15, 0.2) is 29.1 Å². The van der Waals surface area contributed by atoms with Crippen molar-refractivity contribution in [2.24, 2.45) is 0 Å². The summed E-state index contributed by atoms with van der Waals surface area (Å²) in [4.78, 5) is 7.09. The van der Waals surface area contributed by atoms with Crippen molar-refractivity contribution in [1.82, 2.24) is 15.3 Å². The molecule has 20 heavy (non-hydrogen) atoms. The Morgan fingerprint density at radius 1 is 1.30 bits per heavy atom. The first-order chi connectivity index (χ1) is 9.83. The zero-order valence-electron chi connectivity index (χ0n) is 11.0. The zero-order valence-corrected chi connectivity index (χ0v) is 12.6. The lowest BCUT2D eigenvalue weighted by Crippen LogP contribution is -2.18. The van der Waals surface area contributed by atoms with E-state index in [0.29, 0.717) is 13.2 Å². The highest BCUT2D eigenvalue weighted by atomic mass is 79.9. The summed E-state index contributed by atoms with van der Waals surface area (Å²) in [5, 5.41) is 3.41. The molecular weight excluding hydrogens is 322 g/mol. The Labute approximate surface area is 125 Å². The number of imidazole rings is 1.